The fraction of sp³-hybridized carbons (Fsp3) is 0.830. The fourth-order valence-electron chi connectivity index (χ4n) is 11.4. The van der Waals surface area contributed by atoms with Crippen LogP contribution in [0.15, 0.2) is 18.2 Å². The van der Waals surface area contributed by atoms with Crippen molar-refractivity contribution in [3.8, 4) is 11.5 Å². The number of phenolic OH excluding ortho intramolecular Hbond substituents is 1. The second kappa shape index (κ2) is 22.3. The van der Waals surface area contributed by atoms with Gasteiger partial charge in [-0.15, -0.1) is 0 Å². The van der Waals surface area contributed by atoms with Crippen LogP contribution < -0.4 is 4.74 Å². The Morgan fingerprint density at radius 2 is 1.28 bits per heavy atom. The molecule has 0 radical (unpaired) electrons. The normalized spacial score (nSPS) is 51.5. The Labute approximate surface area is 436 Å². The summed E-state index contributed by atoms with van der Waals surface area (Å²) in [5.74, 6) is -6.35. The maximum Gasteiger partial charge on any atom is 0.338 e. The quantitative estimate of drug-likeness (QED) is 0.0866. The molecule has 0 amide bonds. The number of benzene rings is 1. The zero-order valence-corrected chi connectivity index (χ0v) is 42.5. The number of phenols is 1. The molecular weight excluding hydrogens is 1040 g/mol. The molecule has 28 nitrogen and oxygen atoms in total. The van der Waals surface area contributed by atoms with Crippen LogP contribution in [0.4, 0.5) is 0 Å². The number of aromatic hydroxyl groups is 1. The predicted octanol–water partition coefficient (Wildman–Crippen LogP) is -6.37. The van der Waals surface area contributed by atoms with Gasteiger partial charge in [0.15, 0.2) is 42.3 Å². The summed E-state index contributed by atoms with van der Waals surface area (Å²) >= 11 is 0. The molecule has 8 fully saturated rings. The van der Waals surface area contributed by atoms with Gasteiger partial charge in [0, 0.05) is 29.1 Å². The molecule has 1 aromatic carbocycles. The summed E-state index contributed by atoms with van der Waals surface area (Å²) in [6.07, 6.45) is -41.6. The molecule has 1 spiro atoms. The summed E-state index contributed by atoms with van der Waals surface area (Å²) in [4.78, 5) is 27.8. The smallest absolute Gasteiger partial charge is 0.338 e. The van der Waals surface area contributed by atoms with Crippen molar-refractivity contribution in [2.75, 3.05) is 26.1 Å². The number of carbonyl (C=O) groups is 2. The van der Waals surface area contributed by atoms with Gasteiger partial charge in [-0.1, -0.05) is 6.92 Å². The number of ketones is 1. The number of aliphatic hydroxyl groups is 12. The van der Waals surface area contributed by atoms with Gasteiger partial charge in [-0.2, -0.15) is 0 Å². The van der Waals surface area contributed by atoms with Gasteiger partial charge >= 0.3 is 5.97 Å². The average molecular weight is 1110 g/mol. The third-order valence-electron chi connectivity index (χ3n) is 16.0. The SMILES string of the molecule is COc1cc(C(=O)O[C@H]2C[C@]3(OC[C@H]2C)O[C@@H]2[C@@H]4[C@H](C[C@H](O)[C@]2(O)C3=O)[C@@H](O[C@@H]2O[C@H](C)[C@@H](O)[C@H](O)[C@H]2O[C@@H]2O[C@H](CO)[C@@H](O)[C@H](O[C@@H]3O[C@@H](C)[C@H](O)[C@@H](O)[C@H]3O)[C@H]2O[C@@H]2O[C@@H](C)[C@H](O)[C@@H](O)[C@H]2O)CS4=O)ccc1O. The van der Waals surface area contributed by atoms with Crippen molar-refractivity contribution < 1.29 is 137 Å². The molecule has 9 rings (SSSR count). The molecule has 29 heteroatoms. The molecule has 76 heavy (non-hydrogen) atoms. The van der Waals surface area contributed by atoms with Crippen LogP contribution in [0.2, 0.25) is 0 Å². The van der Waals surface area contributed by atoms with Gasteiger partial charge in [-0.25, -0.2) is 4.79 Å². The number of aliphatic hydroxyl groups excluding tert-OH is 11. The minimum absolute atomic E-state index is 0.00393. The van der Waals surface area contributed by atoms with Crippen LogP contribution in [0.1, 0.15) is 50.9 Å². The number of Topliss-reactive ketones (excluding diaryl/α,β-unsaturated/α-hetero) is 1. The molecule has 0 bridgehead atoms. The average Bonchev–Trinajstić information content (AvgIpc) is 3.93. The van der Waals surface area contributed by atoms with Gasteiger partial charge in [-0.3, -0.25) is 9.00 Å². The summed E-state index contributed by atoms with van der Waals surface area (Å²) in [6.45, 7) is 4.56. The number of carbonyl (C=O) groups excluding carboxylic acids is 2. The van der Waals surface area contributed by atoms with E-state index in [1.165, 1.54) is 46.1 Å². The molecule has 13 N–H and O–H groups in total. The summed E-state index contributed by atoms with van der Waals surface area (Å²) in [5, 5.41) is 142. The molecule has 1 aromatic rings. The van der Waals surface area contributed by atoms with E-state index in [1.54, 1.807) is 6.92 Å². The van der Waals surface area contributed by atoms with Crippen molar-refractivity contribution in [3.63, 3.8) is 0 Å². The first-order chi connectivity index (χ1) is 35.8. The van der Waals surface area contributed by atoms with Crippen molar-refractivity contribution in [1.82, 2.24) is 0 Å². The van der Waals surface area contributed by atoms with E-state index >= 15 is 0 Å². The van der Waals surface area contributed by atoms with Crippen LogP contribution in [0.25, 0.3) is 0 Å². The predicted molar refractivity (Wildman–Crippen MR) is 244 cm³/mol. The standard InChI is InChI=1S/C47H68O28S/c1-14-12-65-46(10-22(14)69-40(60)18-6-7-20(49)21(8-18)64-5)45(61)47(62)25(50)9-19-24(13-76(63)38(19)39(47)75-46)71-43-36(32(57)28(53)17(4)68-43)73-44-37(74-42-34(59)31(56)27(52)16(3)67-42)35(29(54)23(11-48)70-44)72-41-33(58)30(55)26(51)15(2)66-41/h6-8,14-17,19,22-39,41-44,48-59,62H,9-13H2,1-5H3/t14-,15+,16+,17-,19-,22+,23-,24+,25+,26+,27+,28-,29-,30-,31-,32+,33-,34-,35+,36-,37-,38+,39-,41+,42+,43+,44+,46+,47-,76?/m1/s1. The summed E-state index contributed by atoms with van der Waals surface area (Å²) in [5.41, 5.74) is -2.69. The fourth-order valence-corrected chi connectivity index (χ4v) is 13.5. The minimum Gasteiger partial charge on any atom is -0.504 e. The first-order valence-electron chi connectivity index (χ1n) is 25.0. The molecular formula is C47H68O28S. The van der Waals surface area contributed by atoms with E-state index in [4.69, 9.17) is 56.8 Å². The van der Waals surface area contributed by atoms with Crippen molar-refractivity contribution in [2.24, 2.45) is 11.8 Å². The molecule has 7 saturated heterocycles. The number of methoxy groups -OCH3 is 1. The van der Waals surface area contributed by atoms with Crippen LogP contribution in [-0.2, 0) is 67.7 Å². The first-order valence-corrected chi connectivity index (χ1v) is 26.4. The van der Waals surface area contributed by atoms with E-state index in [0.717, 1.165) is 0 Å². The lowest BCUT2D eigenvalue weighted by molar-refractivity contribution is -0.408. The Bertz CT molecular complexity index is 2270. The molecule has 8 aliphatic rings. The third kappa shape index (κ3) is 10.1. The molecule has 1 saturated carbocycles. The Balaban J connectivity index is 0.974. The molecule has 430 valence electrons. The van der Waals surface area contributed by atoms with Crippen LogP contribution >= 0.6 is 0 Å². The van der Waals surface area contributed by atoms with E-state index in [9.17, 15) is 80.2 Å². The monoisotopic (exact) mass is 1110 g/mol. The molecule has 1 unspecified atom stereocenters. The molecule has 1 aliphatic carbocycles. The first kappa shape index (κ1) is 57.9. The Morgan fingerprint density at radius 1 is 0.711 bits per heavy atom. The van der Waals surface area contributed by atoms with Crippen molar-refractivity contribution in [1.29, 1.82) is 0 Å². The van der Waals surface area contributed by atoms with E-state index < -0.39 is 218 Å². The van der Waals surface area contributed by atoms with Gasteiger partial charge in [0.25, 0.3) is 0 Å². The highest BCUT2D eigenvalue weighted by Crippen LogP contribution is 2.54. The highest BCUT2D eigenvalue weighted by atomic mass is 32.2. The number of hydrogen-bond donors (Lipinski definition) is 13. The van der Waals surface area contributed by atoms with E-state index in [1.807, 2.05) is 0 Å². The summed E-state index contributed by atoms with van der Waals surface area (Å²) in [6, 6.07) is 3.79. The molecule has 7 aliphatic heterocycles. The van der Waals surface area contributed by atoms with Gasteiger partial charge in [0.2, 0.25) is 11.6 Å². The lowest BCUT2D eigenvalue weighted by Gasteiger charge is -2.50. The van der Waals surface area contributed by atoms with E-state index in [0.29, 0.717) is 0 Å². The lowest BCUT2D eigenvalue weighted by Crippen LogP contribution is -2.68. The topological polar surface area (TPSA) is 425 Å². The Hall–Kier alpha value is -2.77. The number of fused-ring (bicyclic) bond motifs is 3. The number of rotatable bonds is 12. The summed E-state index contributed by atoms with van der Waals surface area (Å²) in [7, 11) is -0.731. The number of ether oxygens (including phenoxy) is 12. The van der Waals surface area contributed by atoms with Crippen molar-refractivity contribution in [2.45, 2.75) is 204 Å². The zero-order chi connectivity index (χ0) is 55.2. The Morgan fingerprint density at radius 3 is 1.88 bits per heavy atom. The zero-order valence-electron chi connectivity index (χ0n) is 41.7. The third-order valence-corrected chi connectivity index (χ3v) is 17.9. The van der Waals surface area contributed by atoms with E-state index in [-0.39, 0.29) is 29.4 Å². The Kier molecular flexibility index (Phi) is 17.0. The van der Waals surface area contributed by atoms with Gasteiger partial charge < -0.3 is 123 Å². The summed E-state index contributed by atoms with van der Waals surface area (Å²) < 4.78 is 85.8. The van der Waals surface area contributed by atoms with Crippen LogP contribution in [0.5, 0.6) is 11.5 Å². The maximum absolute atomic E-state index is 14.5. The van der Waals surface area contributed by atoms with Crippen molar-refractivity contribution >= 4 is 22.6 Å². The molecule has 30 atom stereocenters. The molecule has 0 aromatic heterocycles. The lowest BCUT2D eigenvalue weighted by atomic mass is 9.70. The van der Waals surface area contributed by atoms with Gasteiger partial charge in [-0.05, 0) is 45.4 Å². The largest absolute Gasteiger partial charge is 0.504 e. The van der Waals surface area contributed by atoms with Crippen LogP contribution in [-0.4, -0.2) is 272 Å². The van der Waals surface area contributed by atoms with Crippen LogP contribution in [0.3, 0.4) is 0 Å². The minimum atomic E-state index is -2.69. The molecule has 7 heterocycles. The number of hydrogen-bond acceptors (Lipinski definition) is 28. The van der Waals surface area contributed by atoms with E-state index in [2.05, 4.69) is 0 Å². The van der Waals surface area contributed by atoms with Crippen LogP contribution in [0, 0.1) is 11.8 Å². The highest BCUT2D eigenvalue weighted by molar-refractivity contribution is 7.86. The van der Waals surface area contributed by atoms with Gasteiger partial charge in [0.1, 0.15) is 91.6 Å². The van der Waals surface area contributed by atoms with Gasteiger partial charge in [0.05, 0.1) is 67.4 Å². The second-order valence-corrected chi connectivity index (χ2v) is 22.6. The van der Waals surface area contributed by atoms with Crippen molar-refractivity contribution in [3.05, 3.63) is 23.8 Å². The highest BCUT2D eigenvalue weighted by Gasteiger charge is 2.75. The number of esters is 1. The maximum atomic E-state index is 14.5. The second-order valence-electron chi connectivity index (χ2n) is 20.9.